The number of nitrogens with one attached hydrogen (secondary N) is 1. The van der Waals surface area contributed by atoms with Crippen molar-refractivity contribution in [3.8, 4) is 0 Å². The first-order chi connectivity index (χ1) is 8.63. The Balaban J connectivity index is 2.25. The summed E-state index contributed by atoms with van der Waals surface area (Å²) in [6.07, 6.45) is 0. The molecular weight excluding hydrogens is 233 g/mol. The maximum absolute atomic E-state index is 13.8. The monoisotopic (exact) mass is 243 g/mol. The van der Waals surface area contributed by atoms with E-state index in [1.807, 2.05) is 0 Å². The molecule has 0 saturated carbocycles. The normalized spacial score (nSPS) is 21.6. The van der Waals surface area contributed by atoms with Crippen molar-refractivity contribution >= 4 is 5.91 Å². The van der Waals surface area contributed by atoms with Crippen LogP contribution in [0.15, 0.2) is 48.5 Å². The van der Waals surface area contributed by atoms with Crippen molar-refractivity contribution in [2.75, 3.05) is 0 Å². The maximum Gasteiger partial charge on any atom is 0.254 e. The highest BCUT2D eigenvalue weighted by atomic mass is 19.1. The molecule has 0 spiro atoms. The molecule has 3 rings (SSSR count). The van der Waals surface area contributed by atoms with Gasteiger partial charge in [-0.25, -0.2) is 4.39 Å². The summed E-state index contributed by atoms with van der Waals surface area (Å²) in [6.45, 7) is 0. The molecule has 0 fully saturated rings. The van der Waals surface area contributed by atoms with Crippen molar-refractivity contribution in [2.45, 2.75) is 5.72 Å². The molecule has 0 radical (unpaired) electrons. The summed E-state index contributed by atoms with van der Waals surface area (Å²) < 4.78 is 13.8. The Labute approximate surface area is 103 Å². The van der Waals surface area contributed by atoms with Crippen LogP contribution in [0.3, 0.4) is 0 Å². The Bertz CT molecular complexity index is 641. The van der Waals surface area contributed by atoms with Crippen LogP contribution in [0.1, 0.15) is 21.5 Å². The number of hydrogen-bond donors (Lipinski definition) is 2. The standard InChI is InChI=1S/C14H10FNO2/c15-12-8-4-3-7-11(12)14(18)10-6-2-1-5-9(10)13(17)16-14/h1-8,18H,(H,16,17). The van der Waals surface area contributed by atoms with Gasteiger partial charge in [-0.05, 0) is 12.1 Å². The van der Waals surface area contributed by atoms with Crippen LogP contribution in [0.4, 0.5) is 4.39 Å². The fourth-order valence-corrected chi connectivity index (χ4v) is 2.26. The highest BCUT2D eigenvalue weighted by Gasteiger charge is 2.43. The molecule has 1 unspecified atom stereocenters. The fourth-order valence-electron chi connectivity index (χ4n) is 2.26. The average Bonchev–Trinajstić information content (AvgIpc) is 2.64. The minimum absolute atomic E-state index is 0.0447. The highest BCUT2D eigenvalue weighted by molar-refractivity contribution is 6.00. The lowest BCUT2D eigenvalue weighted by molar-refractivity contribution is 0.0451. The second-order valence-corrected chi connectivity index (χ2v) is 4.19. The Hall–Kier alpha value is -2.20. The van der Waals surface area contributed by atoms with Gasteiger partial charge >= 0.3 is 0 Å². The molecule has 3 nitrogen and oxygen atoms in total. The second-order valence-electron chi connectivity index (χ2n) is 4.19. The van der Waals surface area contributed by atoms with Crippen LogP contribution in [0.25, 0.3) is 0 Å². The van der Waals surface area contributed by atoms with Crippen molar-refractivity contribution in [3.63, 3.8) is 0 Å². The largest absolute Gasteiger partial charge is 0.363 e. The van der Waals surface area contributed by atoms with Crippen molar-refractivity contribution in [1.29, 1.82) is 0 Å². The van der Waals surface area contributed by atoms with Crippen LogP contribution in [-0.4, -0.2) is 11.0 Å². The summed E-state index contributed by atoms with van der Waals surface area (Å²) in [4.78, 5) is 11.8. The molecule has 0 bridgehead atoms. The van der Waals surface area contributed by atoms with Gasteiger partial charge in [0.15, 0.2) is 5.72 Å². The third-order valence-corrected chi connectivity index (χ3v) is 3.12. The highest BCUT2D eigenvalue weighted by Crippen LogP contribution is 2.35. The average molecular weight is 243 g/mol. The van der Waals surface area contributed by atoms with E-state index in [0.29, 0.717) is 11.1 Å². The number of halogens is 1. The summed E-state index contributed by atoms with van der Waals surface area (Å²) in [7, 11) is 0. The third kappa shape index (κ3) is 1.36. The van der Waals surface area contributed by atoms with E-state index in [9.17, 15) is 14.3 Å². The lowest BCUT2D eigenvalue weighted by atomic mass is 9.94. The van der Waals surface area contributed by atoms with E-state index in [1.54, 1.807) is 30.3 Å². The topological polar surface area (TPSA) is 49.3 Å². The fraction of sp³-hybridized carbons (Fsp3) is 0.0714. The van der Waals surface area contributed by atoms with Crippen molar-refractivity contribution in [2.24, 2.45) is 0 Å². The van der Waals surface area contributed by atoms with Crippen LogP contribution < -0.4 is 5.32 Å². The van der Waals surface area contributed by atoms with Crippen LogP contribution >= 0.6 is 0 Å². The quantitative estimate of drug-likeness (QED) is 0.801. The van der Waals surface area contributed by atoms with Gasteiger partial charge in [-0.3, -0.25) is 4.79 Å². The van der Waals surface area contributed by atoms with Crippen molar-refractivity contribution in [3.05, 3.63) is 71.0 Å². The van der Waals surface area contributed by atoms with Gasteiger partial charge in [-0.1, -0.05) is 36.4 Å². The number of aliphatic hydroxyl groups is 1. The molecule has 1 aliphatic rings. The number of carbonyl (C=O) groups excluding carboxylic acids is 1. The summed E-state index contributed by atoms with van der Waals surface area (Å²) in [6, 6.07) is 12.5. The molecule has 1 amide bonds. The van der Waals surface area contributed by atoms with E-state index < -0.39 is 17.4 Å². The summed E-state index contributed by atoms with van der Waals surface area (Å²) in [5, 5.41) is 13.0. The molecule has 4 heteroatoms. The minimum atomic E-state index is -1.79. The number of rotatable bonds is 1. The van der Waals surface area contributed by atoms with E-state index in [2.05, 4.69) is 5.32 Å². The lowest BCUT2D eigenvalue weighted by Gasteiger charge is -2.24. The lowest BCUT2D eigenvalue weighted by Crippen LogP contribution is -2.40. The van der Waals surface area contributed by atoms with Crippen molar-refractivity contribution in [1.82, 2.24) is 5.32 Å². The van der Waals surface area contributed by atoms with E-state index in [4.69, 9.17) is 0 Å². The number of hydrogen-bond acceptors (Lipinski definition) is 2. The van der Waals surface area contributed by atoms with Gasteiger partial charge in [-0.2, -0.15) is 0 Å². The van der Waals surface area contributed by atoms with Crippen molar-refractivity contribution < 1.29 is 14.3 Å². The predicted octanol–water partition coefficient (Wildman–Crippen LogP) is 1.76. The molecule has 0 saturated heterocycles. The molecule has 2 aromatic carbocycles. The zero-order chi connectivity index (χ0) is 12.8. The Morgan fingerprint density at radius 1 is 1.00 bits per heavy atom. The molecule has 18 heavy (non-hydrogen) atoms. The van der Waals surface area contributed by atoms with E-state index in [1.165, 1.54) is 18.2 Å². The SMILES string of the molecule is O=C1NC(O)(c2ccccc2F)c2ccccc21. The molecular formula is C14H10FNO2. The molecule has 1 atom stereocenters. The smallest absolute Gasteiger partial charge is 0.254 e. The first kappa shape index (κ1) is 10.9. The van der Waals surface area contributed by atoms with Crippen LogP contribution in [0, 0.1) is 5.82 Å². The van der Waals surface area contributed by atoms with E-state index >= 15 is 0 Å². The van der Waals surface area contributed by atoms with Crippen LogP contribution in [0.5, 0.6) is 0 Å². The van der Waals surface area contributed by atoms with Crippen LogP contribution in [-0.2, 0) is 5.72 Å². The van der Waals surface area contributed by atoms with E-state index in [0.717, 1.165) is 0 Å². The summed E-state index contributed by atoms with van der Waals surface area (Å²) in [5.41, 5.74) is -1.01. The van der Waals surface area contributed by atoms with Crippen LogP contribution in [0.2, 0.25) is 0 Å². The molecule has 2 aromatic rings. The zero-order valence-corrected chi connectivity index (χ0v) is 9.35. The van der Waals surface area contributed by atoms with Gasteiger partial charge in [-0.15, -0.1) is 0 Å². The summed E-state index contributed by atoms with van der Waals surface area (Å²) in [5.74, 6) is -0.964. The molecule has 1 heterocycles. The van der Waals surface area contributed by atoms with Gasteiger partial charge in [0, 0.05) is 16.7 Å². The van der Waals surface area contributed by atoms with Gasteiger partial charge in [0.2, 0.25) is 0 Å². The van der Waals surface area contributed by atoms with E-state index in [-0.39, 0.29) is 5.56 Å². The molecule has 0 aliphatic carbocycles. The first-order valence-corrected chi connectivity index (χ1v) is 5.52. The number of amides is 1. The molecule has 90 valence electrons. The summed E-state index contributed by atoms with van der Waals surface area (Å²) >= 11 is 0. The number of benzene rings is 2. The third-order valence-electron chi connectivity index (χ3n) is 3.12. The molecule has 2 N–H and O–H groups in total. The maximum atomic E-state index is 13.8. The number of fused-ring (bicyclic) bond motifs is 1. The van der Waals surface area contributed by atoms with Gasteiger partial charge < -0.3 is 10.4 Å². The Morgan fingerprint density at radius 3 is 2.33 bits per heavy atom. The van der Waals surface area contributed by atoms with Gasteiger partial charge in [0.1, 0.15) is 5.82 Å². The Morgan fingerprint density at radius 2 is 1.61 bits per heavy atom. The van der Waals surface area contributed by atoms with Gasteiger partial charge in [0.05, 0.1) is 0 Å². The minimum Gasteiger partial charge on any atom is -0.363 e. The second kappa shape index (κ2) is 3.65. The molecule has 0 aromatic heterocycles. The zero-order valence-electron chi connectivity index (χ0n) is 9.35. The number of carbonyl (C=O) groups is 1. The van der Waals surface area contributed by atoms with Gasteiger partial charge in [0.25, 0.3) is 5.91 Å². The predicted molar refractivity (Wildman–Crippen MR) is 63.3 cm³/mol. The first-order valence-electron chi connectivity index (χ1n) is 5.52. The molecule has 1 aliphatic heterocycles. The Kier molecular flexibility index (Phi) is 2.21.